The Morgan fingerprint density at radius 1 is 1.60 bits per heavy atom. The van der Waals surface area contributed by atoms with Crippen molar-refractivity contribution in [2.24, 2.45) is 0 Å². The molecule has 0 bridgehead atoms. The van der Waals surface area contributed by atoms with E-state index in [1.165, 1.54) is 6.07 Å². The van der Waals surface area contributed by atoms with E-state index in [4.69, 9.17) is 16.7 Å². The SMILES string of the molecule is O=C(O)CCC(Cl)c1ccc(Br)cc1F. The van der Waals surface area contributed by atoms with Crippen molar-refractivity contribution >= 4 is 33.5 Å². The van der Waals surface area contributed by atoms with Crippen LogP contribution in [0.1, 0.15) is 23.8 Å². The van der Waals surface area contributed by atoms with E-state index in [0.29, 0.717) is 10.0 Å². The first-order valence-electron chi connectivity index (χ1n) is 4.31. The summed E-state index contributed by atoms with van der Waals surface area (Å²) in [6.07, 6.45) is 0.152. The third-order valence-electron chi connectivity index (χ3n) is 1.91. The molecule has 5 heteroatoms. The highest BCUT2D eigenvalue weighted by Crippen LogP contribution is 2.29. The summed E-state index contributed by atoms with van der Waals surface area (Å²) in [7, 11) is 0. The summed E-state index contributed by atoms with van der Waals surface area (Å²) in [6, 6.07) is 4.54. The summed E-state index contributed by atoms with van der Waals surface area (Å²) in [6.45, 7) is 0. The first-order valence-corrected chi connectivity index (χ1v) is 5.54. The predicted molar refractivity (Wildman–Crippen MR) is 59.6 cm³/mol. The zero-order chi connectivity index (χ0) is 11.4. The lowest BCUT2D eigenvalue weighted by atomic mass is 10.1. The standard InChI is InChI=1S/C10H9BrClFO2/c11-6-1-2-7(9(13)5-6)8(12)3-4-10(14)15/h1-2,5,8H,3-4H2,(H,14,15). The molecule has 15 heavy (non-hydrogen) atoms. The number of hydrogen-bond donors (Lipinski definition) is 1. The van der Waals surface area contributed by atoms with Crippen LogP contribution in [-0.4, -0.2) is 11.1 Å². The lowest BCUT2D eigenvalue weighted by Crippen LogP contribution is -2.00. The average molecular weight is 296 g/mol. The van der Waals surface area contributed by atoms with Gasteiger partial charge in [-0.15, -0.1) is 11.6 Å². The van der Waals surface area contributed by atoms with Crippen molar-refractivity contribution in [1.82, 2.24) is 0 Å². The minimum Gasteiger partial charge on any atom is -0.481 e. The van der Waals surface area contributed by atoms with Crippen LogP contribution in [0.5, 0.6) is 0 Å². The zero-order valence-corrected chi connectivity index (χ0v) is 10.1. The van der Waals surface area contributed by atoms with Crippen molar-refractivity contribution in [3.05, 3.63) is 34.1 Å². The Kier molecular flexibility index (Phi) is 4.54. The maximum Gasteiger partial charge on any atom is 0.303 e. The number of carbonyl (C=O) groups is 1. The van der Waals surface area contributed by atoms with E-state index < -0.39 is 17.2 Å². The van der Waals surface area contributed by atoms with Gasteiger partial charge in [0.2, 0.25) is 0 Å². The highest BCUT2D eigenvalue weighted by Gasteiger charge is 2.14. The number of halogens is 3. The van der Waals surface area contributed by atoms with Crippen molar-refractivity contribution in [1.29, 1.82) is 0 Å². The fraction of sp³-hybridized carbons (Fsp3) is 0.300. The average Bonchev–Trinajstić information content (AvgIpc) is 2.14. The molecule has 0 aliphatic heterocycles. The van der Waals surface area contributed by atoms with Crippen molar-refractivity contribution in [3.8, 4) is 0 Å². The lowest BCUT2D eigenvalue weighted by molar-refractivity contribution is -0.137. The third-order valence-corrected chi connectivity index (χ3v) is 2.86. The van der Waals surface area contributed by atoms with Crippen LogP contribution >= 0.6 is 27.5 Å². The number of rotatable bonds is 4. The molecule has 0 fully saturated rings. The van der Waals surface area contributed by atoms with Crippen LogP contribution in [0.3, 0.4) is 0 Å². The summed E-state index contributed by atoms with van der Waals surface area (Å²) in [4.78, 5) is 10.3. The topological polar surface area (TPSA) is 37.3 Å². The monoisotopic (exact) mass is 294 g/mol. The van der Waals surface area contributed by atoms with Crippen LogP contribution in [-0.2, 0) is 4.79 Å². The molecule has 1 rings (SSSR count). The quantitative estimate of drug-likeness (QED) is 0.859. The number of aliphatic carboxylic acids is 1. The molecule has 1 atom stereocenters. The summed E-state index contributed by atoms with van der Waals surface area (Å²) in [5.41, 5.74) is 0.334. The molecule has 0 aliphatic carbocycles. The van der Waals surface area contributed by atoms with E-state index in [-0.39, 0.29) is 12.8 Å². The third kappa shape index (κ3) is 3.80. The molecule has 0 aromatic heterocycles. The number of hydrogen-bond acceptors (Lipinski definition) is 1. The van der Waals surface area contributed by atoms with Crippen LogP contribution in [0.4, 0.5) is 4.39 Å². The van der Waals surface area contributed by atoms with Gasteiger partial charge in [-0.1, -0.05) is 22.0 Å². The van der Waals surface area contributed by atoms with E-state index in [1.54, 1.807) is 12.1 Å². The van der Waals surface area contributed by atoms with Crippen LogP contribution < -0.4 is 0 Å². The first-order chi connectivity index (χ1) is 7.00. The Labute approximate surface area is 100 Å². The number of carboxylic acid groups (broad SMARTS) is 1. The summed E-state index contributed by atoms with van der Waals surface area (Å²) in [5.74, 6) is -1.35. The Bertz CT molecular complexity index is 370. The Hall–Kier alpha value is -0.610. The summed E-state index contributed by atoms with van der Waals surface area (Å²) >= 11 is 9.02. The van der Waals surface area contributed by atoms with E-state index in [0.717, 1.165) is 0 Å². The smallest absolute Gasteiger partial charge is 0.303 e. The lowest BCUT2D eigenvalue weighted by Gasteiger charge is -2.09. The van der Waals surface area contributed by atoms with Gasteiger partial charge in [0.05, 0.1) is 5.38 Å². The molecule has 1 aromatic carbocycles. The summed E-state index contributed by atoms with van der Waals surface area (Å²) < 4.78 is 14.0. The molecule has 0 heterocycles. The Balaban J connectivity index is 2.73. The van der Waals surface area contributed by atoms with E-state index in [9.17, 15) is 9.18 Å². The second-order valence-corrected chi connectivity index (χ2v) is 4.51. The maximum absolute atomic E-state index is 13.4. The van der Waals surface area contributed by atoms with Gasteiger partial charge in [0, 0.05) is 16.5 Å². The van der Waals surface area contributed by atoms with Gasteiger partial charge in [0.15, 0.2) is 0 Å². The zero-order valence-electron chi connectivity index (χ0n) is 7.71. The van der Waals surface area contributed by atoms with Gasteiger partial charge < -0.3 is 5.11 Å². The van der Waals surface area contributed by atoms with Crippen LogP contribution in [0, 0.1) is 5.82 Å². The van der Waals surface area contributed by atoms with Gasteiger partial charge >= 0.3 is 5.97 Å². The molecule has 0 radical (unpaired) electrons. The summed E-state index contributed by atoms with van der Waals surface area (Å²) in [5, 5.41) is 7.86. The Morgan fingerprint density at radius 2 is 2.27 bits per heavy atom. The number of carboxylic acids is 1. The second-order valence-electron chi connectivity index (χ2n) is 3.07. The first kappa shape index (κ1) is 12.5. The van der Waals surface area contributed by atoms with Gasteiger partial charge in [0.1, 0.15) is 5.82 Å². The van der Waals surface area contributed by atoms with Crippen molar-refractivity contribution in [2.45, 2.75) is 18.2 Å². The molecule has 1 aromatic rings. The number of benzene rings is 1. The molecular weight excluding hydrogens is 286 g/mol. The van der Waals surface area contributed by atoms with Gasteiger partial charge in [0.25, 0.3) is 0 Å². The maximum atomic E-state index is 13.4. The molecule has 1 N–H and O–H groups in total. The van der Waals surface area contributed by atoms with Crippen molar-refractivity contribution in [3.63, 3.8) is 0 Å². The predicted octanol–water partition coefficient (Wildman–Crippen LogP) is 3.73. The fourth-order valence-corrected chi connectivity index (χ4v) is 1.78. The fourth-order valence-electron chi connectivity index (χ4n) is 1.16. The van der Waals surface area contributed by atoms with Crippen molar-refractivity contribution < 1.29 is 14.3 Å². The molecule has 82 valence electrons. The van der Waals surface area contributed by atoms with Crippen molar-refractivity contribution in [2.75, 3.05) is 0 Å². The number of alkyl halides is 1. The van der Waals surface area contributed by atoms with E-state index >= 15 is 0 Å². The largest absolute Gasteiger partial charge is 0.481 e. The van der Waals surface area contributed by atoms with Gasteiger partial charge in [-0.25, -0.2) is 4.39 Å². The van der Waals surface area contributed by atoms with Crippen LogP contribution in [0.15, 0.2) is 22.7 Å². The minimum absolute atomic E-state index is 0.0658. The molecular formula is C10H9BrClFO2. The molecule has 0 spiro atoms. The van der Waals surface area contributed by atoms with Gasteiger partial charge in [-0.05, 0) is 18.6 Å². The van der Waals surface area contributed by atoms with E-state index in [1.807, 2.05) is 0 Å². The highest BCUT2D eigenvalue weighted by molar-refractivity contribution is 9.10. The van der Waals surface area contributed by atoms with Gasteiger partial charge in [-0.3, -0.25) is 4.79 Å². The Morgan fingerprint density at radius 3 is 2.80 bits per heavy atom. The van der Waals surface area contributed by atoms with E-state index in [2.05, 4.69) is 15.9 Å². The van der Waals surface area contributed by atoms with Crippen LogP contribution in [0.2, 0.25) is 0 Å². The highest BCUT2D eigenvalue weighted by atomic mass is 79.9. The second kappa shape index (κ2) is 5.47. The molecule has 0 saturated carbocycles. The molecule has 0 saturated heterocycles. The molecule has 2 nitrogen and oxygen atoms in total. The molecule has 0 aliphatic rings. The normalized spacial score (nSPS) is 12.5. The molecule has 0 amide bonds. The molecule has 1 unspecified atom stereocenters. The van der Waals surface area contributed by atoms with Crippen LogP contribution in [0.25, 0.3) is 0 Å². The van der Waals surface area contributed by atoms with Gasteiger partial charge in [-0.2, -0.15) is 0 Å². The minimum atomic E-state index is -0.932.